The van der Waals surface area contributed by atoms with E-state index in [4.69, 9.17) is 0 Å². The fourth-order valence-electron chi connectivity index (χ4n) is 3.95. The van der Waals surface area contributed by atoms with Crippen molar-refractivity contribution in [2.24, 2.45) is 0 Å². The molecule has 1 aromatic heterocycles. The minimum atomic E-state index is 0.261. The van der Waals surface area contributed by atoms with Crippen LogP contribution in [0, 0.1) is 0 Å². The number of amides is 1. The topological polar surface area (TPSA) is 54.3 Å². The summed E-state index contributed by atoms with van der Waals surface area (Å²) in [4.78, 5) is 16.9. The largest absolute Gasteiger partial charge is 0.339 e. The van der Waals surface area contributed by atoms with Gasteiger partial charge in [-0.05, 0) is 37.9 Å². The Morgan fingerprint density at radius 3 is 2.54 bits per heavy atom. The molecule has 2 aliphatic rings. The Kier molecular flexibility index (Phi) is 5.29. The summed E-state index contributed by atoms with van der Waals surface area (Å²) in [6.07, 6.45) is 5.09. The molecule has 0 spiro atoms. The average molecular weight is 353 g/mol. The molecule has 1 amide bonds. The van der Waals surface area contributed by atoms with Crippen molar-refractivity contribution in [3.05, 3.63) is 47.5 Å². The molecule has 4 rings (SSSR count). The van der Waals surface area contributed by atoms with E-state index >= 15 is 0 Å². The van der Waals surface area contributed by atoms with Gasteiger partial charge in [0.05, 0.1) is 6.54 Å². The van der Waals surface area contributed by atoms with Crippen molar-refractivity contribution in [3.8, 4) is 0 Å². The molecule has 1 fully saturated rings. The van der Waals surface area contributed by atoms with E-state index in [0.29, 0.717) is 6.54 Å². The highest BCUT2D eigenvalue weighted by Crippen LogP contribution is 2.13. The molecule has 2 aromatic rings. The van der Waals surface area contributed by atoms with Crippen LogP contribution >= 0.6 is 0 Å². The summed E-state index contributed by atoms with van der Waals surface area (Å²) >= 11 is 0. The molecule has 0 saturated carbocycles. The van der Waals surface area contributed by atoms with Crippen molar-refractivity contribution < 1.29 is 4.79 Å². The van der Waals surface area contributed by atoms with E-state index < -0.39 is 0 Å². The van der Waals surface area contributed by atoms with Crippen LogP contribution < -0.4 is 0 Å². The number of benzene rings is 1. The Morgan fingerprint density at radius 1 is 0.923 bits per heavy atom. The quantitative estimate of drug-likeness (QED) is 0.818. The molecule has 3 heterocycles. The normalized spacial score (nSPS) is 17.9. The standard InChI is InChI=1S/C20H27N5O/c26-20(16-23-11-4-5-12-23)24-13-10-19-22-21-18(25(19)15-14-24)9-8-17-6-2-1-3-7-17/h1-3,6-7H,4-5,8-16H2. The molecule has 1 saturated heterocycles. The van der Waals surface area contributed by atoms with Crippen molar-refractivity contribution in [1.82, 2.24) is 24.6 Å². The molecule has 0 atom stereocenters. The van der Waals surface area contributed by atoms with E-state index in [1.807, 2.05) is 11.0 Å². The van der Waals surface area contributed by atoms with Gasteiger partial charge in [-0.15, -0.1) is 10.2 Å². The maximum atomic E-state index is 12.6. The van der Waals surface area contributed by atoms with Crippen molar-refractivity contribution in [2.45, 2.75) is 38.6 Å². The molecule has 2 aliphatic heterocycles. The zero-order chi connectivity index (χ0) is 17.8. The molecule has 0 aliphatic carbocycles. The lowest BCUT2D eigenvalue weighted by molar-refractivity contribution is -0.132. The summed E-state index contributed by atoms with van der Waals surface area (Å²) in [5.41, 5.74) is 1.32. The Balaban J connectivity index is 1.35. The third-order valence-corrected chi connectivity index (χ3v) is 5.49. The van der Waals surface area contributed by atoms with Crippen molar-refractivity contribution in [2.75, 3.05) is 32.7 Å². The van der Waals surface area contributed by atoms with Gasteiger partial charge in [-0.25, -0.2) is 0 Å². The van der Waals surface area contributed by atoms with Gasteiger partial charge in [0.15, 0.2) is 0 Å². The lowest BCUT2D eigenvalue weighted by Gasteiger charge is -2.23. The first kappa shape index (κ1) is 17.2. The number of nitrogens with zero attached hydrogens (tertiary/aromatic N) is 5. The fourth-order valence-corrected chi connectivity index (χ4v) is 3.95. The number of hydrogen-bond donors (Lipinski definition) is 0. The zero-order valence-electron chi connectivity index (χ0n) is 15.3. The van der Waals surface area contributed by atoms with Crippen LogP contribution in [0.3, 0.4) is 0 Å². The highest BCUT2D eigenvalue weighted by molar-refractivity contribution is 5.78. The average Bonchev–Trinajstić information content (AvgIpc) is 3.26. The SMILES string of the molecule is O=C(CN1CCCC1)N1CCc2nnc(CCc3ccccc3)n2CC1. The molecule has 0 N–H and O–H groups in total. The van der Waals surface area contributed by atoms with Gasteiger partial charge in [0.2, 0.25) is 5.91 Å². The number of aryl methyl sites for hydroxylation is 2. The molecule has 0 bridgehead atoms. The van der Waals surface area contributed by atoms with Crippen LogP contribution in [0.15, 0.2) is 30.3 Å². The number of aromatic nitrogens is 3. The number of hydrogen-bond acceptors (Lipinski definition) is 4. The summed E-state index contributed by atoms with van der Waals surface area (Å²) in [5, 5.41) is 8.80. The van der Waals surface area contributed by atoms with Crippen molar-refractivity contribution >= 4 is 5.91 Å². The minimum absolute atomic E-state index is 0.261. The number of carbonyl (C=O) groups is 1. The molecule has 1 aromatic carbocycles. The van der Waals surface area contributed by atoms with Crippen molar-refractivity contribution in [1.29, 1.82) is 0 Å². The third kappa shape index (κ3) is 3.96. The second kappa shape index (κ2) is 7.99. The second-order valence-corrected chi connectivity index (χ2v) is 7.28. The van der Waals surface area contributed by atoms with E-state index in [2.05, 4.69) is 43.9 Å². The first-order valence-electron chi connectivity index (χ1n) is 9.74. The minimum Gasteiger partial charge on any atom is -0.339 e. The first-order chi connectivity index (χ1) is 12.8. The van der Waals surface area contributed by atoms with E-state index in [-0.39, 0.29) is 5.91 Å². The van der Waals surface area contributed by atoms with Crippen LogP contribution in [0.5, 0.6) is 0 Å². The van der Waals surface area contributed by atoms with Gasteiger partial charge in [0, 0.05) is 32.5 Å². The molecule has 26 heavy (non-hydrogen) atoms. The van der Waals surface area contributed by atoms with Crippen LogP contribution in [0.1, 0.15) is 30.1 Å². The number of carbonyl (C=O) groups excluding carboxylic acids is 1. The van der Waals surface area contributed by atoms with Crippen LogP contribution in [0.4, 0.5) is 0 Å². The summed E-state index contributed by atoms with van der Waals surface area (Å²) in [5.74, 6) is 2.32. The Bertz CT molecular complexity index is 736. The molecule has 0 unspecified atom stereocenters. The summed E-state index contributed by atoms with van der Waals surface area (Å²) < 4.78 is 2.23. The summed E-state index contributed by atoms with van der Waals surface area (Å²) in [6, 6.07) is 10.5. The molecular weight excluding hydrogens is 326 g/mol. The lowest BCUT2D eigenvalue weighted by atomic mass is 10.1. The molecule has 0 radical (unpaired) electrons. The smallest absolute Gasteiger partial charge is 0.236 e. The van der Waals surface area contributed by atoms with Gasteiger partial charge >= 0.3 is 0 Å². The van der Waals surface area contributed by atoms with Gasteiger partial charge in [0.25, 0.3) is 0 Å². The first-order valence-corrected chi connectivity index (χ1v) is 9.74. The van der Waals surface area contributed by atoms with Gasteiger partial charge in [-0.2, -0.15) is 0 Å². The third-order valence-electron chi connectivity index (χ3n) is 5.49. The van der Waals surface area contributed by atoms with E-state index in [9.17, 15) is 4.79 Å². The molecule has 6 heteroatoms. The molecule has 138 valence electrons. The van der Waals surface area contributed by atoms with Gasteiger partial charge < -0.3 is 9.47 Å². The highest BCUT2D eigenvalue weighted by atomic mass is 16.2. The summed E-state index contributed by atoms with van der Waals surface area (Å²) in [6.45, 7) is 5.02. The molecule has 6 nitrogen and oxygen atoms in total. The van der Waals surface area contributed by atoms with Crippen molar-refractivity contribution in [3.63, 3.8) is 0 Å². The van der Waals surface area contributed by atoms with Crippen LogP contribution in [-0.4, -0.2) is 63.2 Å². The second-order valence-electron chi connectivity index (χ2n) is 7.28. The summed E-state index contributed by atoms with van der Waals surface area (Å²) in [7, 11) is 0. The predicted octanol–water partition coefficient (Wildman–Crippen LogP) is 1.54. The maximum Gasteiger partial charge on any atom is 0.236 e. The Morgan fingerprint density at radius 2 is 1.73 bits per heavy atom. The van der Waals surface area contributed by atoms with Gasteiger partial charge in [0.1, 0.15) is 11.6 Å². The highest BCUT2D eigenvalue weighted by Gasteiger charge is 2.24. The Hall–Kier alpha value is -2.21. The van der Waals surface area contributed by atoms with E-state index in [0.717, 1.165) is 63.6 Å². The fraction of sp³-hybridized carbons (Fsp3) is 0.550. The Labute approximate surface area is 154 Å². The molecular formula is C20H27N5O. The van der Waals surface area contributed by atoms with E-state index in [1.54, 1.807) is 0 Å². The van der Waals surface area contributed by atoms with Crippen LogP contribution in [0.25, 0.3) is 0 Å². The predicted molar refractivity (Wildman–Crippen MR) is 99.8 cm³/mol. The van der Waals surface area contributed by atoms with Gasteiger partial charge in [-0.3, -0.25) is 9.69 Å². The lowest BCUT2D eigenvalue weighted by Crippen LogP contribution is -2.40. The van der Waals surface area contributed by atoms with Crippen LogP contribution in [-0.2, 0) is 30.6 Å². The number of likely N-dealkylation sites (tertiary alicyclic amines) is 1. The van der Waals surface area contributed by atoms with Crippen LogP contribution in [0.2, 0.25) is 0 Å². The number of rotatable bonds is 5. The monoisotopic (exact) mass is 353 g/mol. The zero-order valence-corrected chi connectivity index (χ0v) is 15.3. The number of fused-ring (bicyclic) bond motifs is 1. The van der Waals surface area contributed by atoms with Gasteiger partial charge in [-0.1, -0.05) is 30.3 Å². The van der Waals surface area contributed by atoms with E-state index in [1.165, 1.54) is 18.4 Å². The maximum absolute atomic E-state index is 12.6.